The maximum Gasteiger partial charge on any atom is 0.300 e. The summed E-state index contributed by atoms with van der Waals surface area (Å²) in [5.74, 6) is -0.833. The van der Waals surface area contributed by atoms with Gasteiger partial charge < -0.3 is 5.11 Å². The molecule has 0 rings (SSSR count). The number of aliphatic carboxylic acids is 1. The van der Waals surface area contributed by atoms with E-state index in [-0.39, 0.29) is 19.5 Å². The van der Waals surface area contributed by atoms with E-state index in [4.69, 9.17) is 9.90 Å². The molecule has 0 spiro atoms. The van der Waals surface area contributed by atoms with Crippen LogP contribution in [0.3, 0.4) is 0 Å². The first-order chi connectivity index (χ1) is 1.73. The van der Waals surface area contributed by atoms with Gasteiger partial charge in [0, 0.05) is 26.4 Å². The van der Waals surface area contributed by atoms with E-state index >= 15 is 0 Å². The predicted molar refractivity (Wildman–Crippen MR) is 13.3 cm³/mol. The standard InChI is InChI=1S/C2H4O2.Rh/c1-2(3)4;/h1H3,(H,3,4);. The van der Waals surface area contributed by atoms with E-state index in [1.54, 1.807) is 0 Å². The molecule has 0 aromatic heterocycles. The van der Waals surface area contributed by atoms with Gasteiger partial charge in [-0.3, -0.25) is 4.79 Å². The molecule has 0 heterocycles. The number of hydrogen-bond acceptors (Lipinski definition) is 1. The topological polar surface area (TPSA) is 37.3 Å². The molecule has 1 radical (unpaired) electrons. The third kappa shape index (κ3) is 2060. The van der Waals surface area contributed by atoms with Gasteiger partial charge in [-0.05, 0) is 0 Å². The van der Waals surface area contributed by atoms with Gasteiger partial charge in [-0.25, -0.2) is 0 Å². The minimum Gasteiger partial charge on any atom is -0.481 e. The first-order valence-electron chi connectivity index (χ1n) is 0.928. The minimum atomic E-state index is -0.833. The van der Waals surface area contributed by atoms with E-state index in [2.05, 4.69) is 0 Å². The molecule has 0 fully saturated rings. The van der Waals surface area contributed by atoms with Gasteiger partial charge in [-0.1, -0.05) is 0 Å². The Kier molecular flexibility index (Phi) is 7.30. The van der Waals surface area contributed by atoms with Gasteiger partial charge in [-0.15, -0.1) is 0 Å². The van der Waals surface area contributed by atoms with Gasteiger partial charge in [0.25, 0.3) is 5.97 Å². The van der Waals surface area contributed by atoms with Crippen LogP contribution in [0.4, 0.5) is 0 Å². The maximum atomic E-state index is 9.00. The molecule has 33 valence electrons. The first kappa shape index (κ1) is 8.92. The molecule has 0 aliphatic heterocycles. The minimum absolute atomic E-state index is 0. The second-order valence-electron chi connectivity index (χ2n) is 0.519. The van der Waals surface area contributed by atoms with E-state index in [1.165, 1.54) is 0 Å². The number of carbonyl (C=O) groups is 1. The third-order valence-corrected chi connectivity index (χ3v) is 0. The summed E-state index contributed by atoms with van der Waals surface area (Å²) in [5, 5.41) is 7.42. The molecular formula is C2H4O2Rh. The molecule has 0 bridgehead atoms. The van der Waals surface area contributed by atoms with Crippen molar-refractivity contribution in [3.05, 3.63) is 0 Å². The van der Waals surface area contributed by atoms with E-state index in [0.717, 1.165) is 6.92 Å². The number of rotatable bonds is 0. The van der Waals surface area contributed by atoms with E-state index in [1.807, 2.05) is 0 Å². The van der Waals surface area contributed by atoms with Crippen molar-refractivity contribution in [3.63, 3.8) is 0 Å². The molecule has 0 amide bonds. The summed E-state index contributed by atoms with van der Waals surface area (Å²) in [7, 11) is 0. The Morgan fingerprint density at radius 2 is 1.80 bits per heavy atom. The Hall–Kier alpha value is 0.0934. The average Bonchev–Trinajstić information content (AvgIpc) is 0.811. The van der Waals surface area contributed by atoms with Crippen LogP contribution < -0.4 is 0 Å². The Morgan fingerprint density at radius 1 is 1.80 bits per heavy atom. The Bertz CT molecular complexity index is 30.6. The fourth-order valence-corrected chi connectivity index (χ4v) is 0. The Morgan fingerprint density at radius 3 is 1.80 bits per heavy atom. The summed E-state index contributed by atoms with van der Waals surface area (Å²) in [6.45, 7) is 1.08. The second-order valence-corrected chi connectivity index (χ2v) is 0.519. The summed E-state index contributed by atoms with van der Waals surface area (Å²) in [6, 6.07) is 0. The Balaban J connectivity index is 0. The van der Waals surface area contributed by atoms with Gasteiger partial charge in [0.1, 0.15) is 0 Å². The van der Waals surface area contributed by atoms with Crippen molar-refractivity contribution in [1.29, 1.82) is 0 Å². The van der Waals surface area contributed by atoms with Gasteiger partial charge in [-0.2, -0.15) is 0 Å². The molecule has 1 N–H and O–H groups in total. The molecule has 0 aliphatic carbocycles. The molecule has 0 atom stereocenters. The summed E-state index contributed by atoms with van der Waals surface area (Å²) >= 11 is 0. The van der Waals surface area contributed by atoms with Crippen molar-refractivity contribution in [2.45, 2.75) is 6.92 Å². The Labute approximate surface area is 42.9 Å². The SMILES string of the molecule is CC(=O)O.[Rh]. The predicted octanol–water partition coefficient (Wildman–Crippen LogP) is 0.0884. The van der Waals surface area contributed by atoms with E-state index in [9.17, 15) is 0 Å². The quantitative estimate of drug-likeness (QED) is 0.513. The van der Waals surface area contributed by atoms with Crippen molar-refractivity contribution in [2.24, 2.45) is 0 Å². The molecule has 0 aromatic rings. The van der Waals surface area contributed by atoms with Gasteiger partial charge in [0.05, 0.1) is 0 Å². The van der Waals surface area contributed by atoms with Crippen molar-refractivity contribution < 1.29 is 29.4 Å². The number of hydrogen-bond donors (Lipinski definition) is 1. The zero-order valence-electron chi connectivity index (χ0n) is 2.69. The largest absolute Gasteiger partial charge is 0.481 e. The van der Waals surface area contributed by atoms with Crippen LogP contribution in [0.15, 0.2) is 0 Å². The van der Waals surface area contributed by atoms with Crippen LogP contribution in [0, 0.1) is 0 Å². The van der Waals surface area contributed by atoms with Crippen molar-refractivity contribution in [1.82, 2.24) is 0 Å². The van der Waals surface area contributed by atoms with Crippen molar-refractivity contribution >= 4 is 5.97 Å². The molecule has 0 aromatic carbocycles. The van der Waals surface area contributed by atoms with Crippen LogP contribution in [-0.2, 0) is 24.3 Å². The van der Waals surface area contributed by atoms with E-state index < -0.39 is 5.97 Å². The molecule has 3 heteroatoms. The summed E-state index contributed by atoms with van der Waals surface area (Å²) in [4.78, 5) is 9.00. The number of carboxylic acids is 1. The van der Waals surface area contributed by atoms with Crippen LogP contribution in [0.5, 0.6) is 0 Å². The summed E-state index contributed by atoms with van der Waals surface area (Å²) in [6.07, 6.45) is 0. The van der Waals surface area contributed by atoms with Crippen LogP contribution >= 0.6 is 0 Å². The second kappa shape index (κ2) is 4.09. The average molecular weight is 163 g/mol. The van der Waals surface area contributed by atoms with Crippen LogP contribution in [0.2, 0.25) is 0 Å². The zero-order chi connectivity index (χ0) is 3.58. The van der Waals surface area contributed by atoms with Crippen LogP contribution in [0.25, 0.3) is 0 Å². The molecule has 5 heavy (non-hydrogen) atoms. The number of carboxylic acid groups (broad SMARTS) is 1. The van der Waals surface area contributed by atoms with Gasteiger partial charge >= 0.3 is 0 Å². The van der Waals surface area contributed by atoms with Crippen molar-refractivity contribution in [2.75, 3.05) is 0 Å². The monoisotopic (exact) mass is 163 g/mol. The summed E-state index contributed by atoms with van der Waals surface area (Å²) < 4.78 is 0. The third-order valence-electron chi connectivity index (χ3n) is 0. The van der Waals surface area contributed by atoms with Gasteiger partial charge in [0.15, 0.2) is 0 Å². The molecule has 2 nitrogen and oxygen atoms in total. The summed E-state index contributed by atoms with van der Waals surface area (Å²) in [5.41, 5.74) is 0. The molecule has 0 aliphatic rings. The van der Waals surface area contributed by atoms with Gasteiger partial charge in [0.2, 0.25) is 0 Å². The van der Waals surface area contributed by atoms with Crippen LogP contribution in [0.1, 0.15) is 6.92 Å². The smallest absolute Gasteiger partial charge is 0.300 e. The molecule has 0 saturated carbocycles. The molecule has 0 unspecified atom stereocenters. The van der Waals surface area contributed by atoms with Crippen LogP contribution in [-0.4, -0.2) is 11.1 Å². The first-order valence-corrected chi connectivity index (χ1v) is 0.928. The fraction of sp³-hybridized carbons (Fsp3) is 0.500. The normalized spacial score (nSPS) is 5.00. The van der Waals surface area contributed by atoms with Crippen molar-refractivity contribution in [3.8, 4) is 0 Å². The maximum absolute atomic E-state index is 9.00. The zero-order valence-corrected chi connectivity index (χ0v) is 4.33. The van der Waals surface area contributed by atoms with E-state index in [0.29, 0.717) is 0 Å². The molecule has 0 saturated heterocycles. The molecular weight excluding hydrogens is 159 g/mol. The fourth-order valence-electron chi connectivity index (χ4n) is 0.